The minimum Gasteiger partial charge on any atom is -0.481 e. The third-order valence-electron chi connectivity index (χ3n) is 4.78. The molecule has 1 fully saturated rings. The van der Waals surface area contributed by atoms with Crippen LogP contribution >= 0.6 is 12.2 Å². The Balaban J connectivity index is 1.35. The lowest BCUT2D eigenvalue weighted by Crippen LogP contribution is -3.14. The summed E-state index contributed by atoms with van der Waals surface area (Å²) in [5.74, 6) is 1.39. The van der Waals surface area contributed by atoms with Crippen LogP contribution in [-0.2, 0) is 6.67 Å². The third kappa shape index (κ3) is 4.77. The SMILES string of the molecule is C[C@H](Oc1ccc(F)cc1)c1nn(C[NH+]2CCN(c3ncccn3)CC2)c(=S)o1. The third-order valence-corrected chi connectivity index (χ3v) is 5.07. The van der Waals surface area contributed by atoms with Crippen LogP contribution in [0.5, 0.6) is 5.75 Å². The van der Waals surface area contributed by atoms with Gasteiger partial charge in [-0.2, -0.15) is 4.68 Å². The van der Waals surface area contributed by atoms with Gasteiger partial charge in [0.15, 0.2) is 12.8 Å². The van der Waals surface area contributed by atoms with Gasteiger partial charge in [0.1, 0.15) is 11.6 Å². The zero-order chi connectivity index (χ0) is 20.2. The summed E-state index contributed by atoms with van der Waals surface area (Å²) in [5.41, 5.74) is 0. The van der Waals surface area contributed by atoms with E-state index in [1.165, 1.54) is 17.0 Å². The van der Waals surface area contributed by atoms with Crippen LogP contribution in [0, 0.1) is 10.7 Å². The smallest absolute Gasteiger partial charge is 0.292 e. The molecule has 1 N–H and O–H groups in total. The molecule has 1 saturated heterocycles. The first kappa shape index (κ1) is 19.5. The number of aromatic nitrogens is 4. The van der Waals surface area contributed by atoms with E-state index in [4.69, 9.17) is 21.4 Å². The van der Waals surface area contributed by atoms with Gasteiger partial charge in [0.2, 0.25) is 5.95 Å². The first-order valence-corrected chi connectivity index (χ1v) is 9.85. The monoisotopic (exact) mass is 417 g/mol. The van der Waals surface area contributed by atoms with Gasteiger partial charge in [-0.05, 0) is 49.5 Å². The van der Waals surface area contributed by atoms with Crippen molar-refractivity contribution in [1.82, 2.24) is 19.7 Å². The van der Waals surface area contributed by atoms with Gasteiger partial charge in [-0.25, -0.2) is 14.4 Å². The molecule has 10 heteroatoms. The van der Waals surface area contributed by atoms with Gasteiger partial charge in [0.05, 0.1) is 26.2 Å². The lowest BCUT2D eigenvalue weighted by Gasteiger charge is -2.31. The summed E-state index contributed by atoms with van der Waals surface area (Å²) in [5, 5.41) is 4.48. The molecule has 29 heavy (non-hydrogen) atoms. The molecule has 8 nitrogen and oxygen atoms in total. The molecule has 0 bridgehead atoms. The van der Waals surface area contributed by atoms with Crippen LogP contribution in [0.2, 0.25) is 0 Å². The van der Waals surface area contributed by atoms with Crippen molar-refractivity contribution in [3.63, 3.8) is 0 Å². The summed E-state index contributed by atoms with van der Waals surface area (Å²) in [4.78, 5) is 12.5. The largest absolute Gasteiger partial charge is 0.481 e. The predicted octanol–water partition coefficient (Wildman–Crippen LogP) is 1.64. The maximum atomic E-state index is 13.0. The normalized spacial score (nSPS) is 16.0. The number of halogens is 1. The quantitative estimate of drug-likeness (QED) is 0.611. The van der Waals surface area contributed by atoms with E-state index in [9.17, 15) is 4.39 Å². The van der Waals surface area contributed by atoms with Crippen molar-refractivity contribution >= 4 is 18.2 Å². The molecule has 0 aliphatic carbocycles. The lowest BCUT2D eigenvalue weighted by molar-refractivity contribution is -0.924. The molecule has 0 spiro atoms. The first-order valence-electron chi connectivity index (χ1n) is 9.44. The molecule has 3 heterocycles. The van der Waals surface area contributed by atoms with Gasteiger partial charge in [-0.1, -0.05) is 0 Å². The number of nitrogens with one attached hydrogen (secondary N) is 1. The van der Waals surface area contributed by atoms with Gasteiger partial charge >= 0.3 is 0 Å². The summed E-state index contributed by atoms with van der Waals surface area (Å²) in [6, 6.07) is 7.64. The Kier molecular flexibility index (Phi) is 5.81. The average Bonchev–Trinajstić information content (AvgIpc) is 3.11. The highest BCUT2D eigenvalue weighted by Crippen LogP contribution is 2.21. The number of rotatable bonds is 6. The number of quaternary nitrogens is 1. The molecule has 1 atom stereocenters. The minimum atomic E-state index is -0.439. The highest BCUT2D eigenvalue weighted by atomic mass is 32.1. The molecule has 1 aliphatic rings. The Labute approximate surface area is 172 Å². The van der Waals surface area contributed by atoms with E-state index in [1.807, 2.05) is 13.0 Å². The standard InChI is InChI=1S/C19H21FN6O2S/c1-14(27-16-5-3-15(20)4-6-16)17-23-26(19(29)28-17)13-24-9-11-25(12-10-24)18-21-7-2-8-22-18/h2-8,14H,9-13H2,1H3/p+1/t14-/m0/s1. The van der Waals surface area contributed by atoms with E-state index in [1.54, 1.807) is 29.2 Å². The van der Waals surface area contributed by atoms with Crippen LogP contribution in [0.25, 0.3) is 0 Å². The molecule has 1 aromatic carbocycles. The van der Waals surface area contributed by atoms with Crippen LogP contribution in [0.4, 0.5) is 10.3 Å². The molecule has 0 radical (unpaired) electrons. The number of hydrogen-bond acceptors (Lipinski definition) is 7. The number of piperazine rings is 1. The highest BCUT2D eigenvalue weighted by Gasteiger charge is 2.23. The topological polar surface area (TPSA) is 73.7 Å². The predicted molar refractivity (Wildman–Crippen MR) is 106 cm³/mol. The molecule has 2 aromatic heterocycles. The van der Waals surface area contributed by atoms with E-state index < -0.39 is 6.10 Å². The fourth-order valence-corrected chi connectivity index (χ4v) is 3.39. The second kappa shape index (κ2) is 8.66. The Morgan fingerprint density at radius 3 is 2.59 bits per heavy atom. The lowest BCUT2D eigenvalue weighted by atomic mass is 10.3. The Hall–Kier alpha value is -2.85. The summed E-state index contributed by atoms with van der Waals surface area (Å²) in [6.07, 6.45) is 3.07. The first-order chi connectivity index (χ1) is 14.1. The molecular formula is C19H22FN6O2S+. The summed E-state index contributed by atoms with van der Waals surface area (Å²) in [7, 11) is 0. The molecule has 0 unspecified atom stereocenters. The van der Waals surface area contributed by atoms with E-state index in [2.05, 4.69) is 20.0 Å². The van der Waals surface area contributed by atoms with Crippen molar-refractivity contribution < 1.29 is 18.4 Å². The van der Waals surface area contributed by atoms with Crippen molar-refractivity contribution in [1.29, 1.82) is 0 Å². The molecule has 4 rings (SSSR count). The van der Waals surface area contributed by atoms with Crippen molar-refractivity contribution in [2.45, 2.75) is 19.7 Å². The number of nitrogens with zero attached hydrogens (tertiary/aromatic N) is 5. The Morgan fingerprint density at radius 2 is 1.90 bits per heavy atom. The second-order valence-corrected chi connectivity index (χ2v) is 7.21. The highest BCUT2D eigenvalue weighted by molar-refractivity contribution is 7.71. The van der Waals surface area contributed by atoms with Crippen LogP contribution in [0.1, 0.15) is 18.9 Å². The molecule has 0 amide bonds. The summed E-state index contributed by atoms with van der Waals surface area (Å²) in [6.45, 7) is 6.01. The number of anilines is 1. The summed E-state index contributed by atoms with van der Waals surface area (Å²) >= 11 is 5.33. The Bertz CT molecular complexity index is 986. The Morgan fingerprint density at radius 1 is 1.21 bits per heavy atom. The number of benzene rings is 1. The van der Waals surface area contributed by atoms with E-state index in [-0.39, 0.29) is 5.82 Å². The van der Waals surface area contributed by atoms with Crippen LogP contribution in [0.15, 0.2) is 47.1 Å². The van der Waals surface area contributed by atoms with Crippen LogP contribution in [-0.4, -0.2) is 45.9 Å². The maximum absolute atomic E-state index is 13.0. The van der Waals surface area contributed by atoms with Crippen molar-refractivity contribution in [2.75, 3.05) is 31.1 Å². The molecule has 0 saturated carbocycles. The minimum absolute atomic E-state index is 0.311. The molecule has 1 aliphatic heterocycles. The number of hydrogen-bond donors (Lipinski definition) is 1. The van der Waals surface area contributed by atoms with Crippen LogP contribution in [0.3, 0.4) is 0 Å². The second-order valence-electron chi connectivity index (χ2n) is 6.86. The summed E-state index contributed by atoms with van der Waals surface area (Å²) < 4.78 is 26.1. The molecule has 3 aromatic rings. The molecular weight excluding hydrogens is 395 g/mol. The van der Waals surface area contributed by atoms with E-state index in [0.29, 0.717) is 23.1 Å². The zero-order valence-electron chi connectivity index (χ0n) is 16.0. The van der Waals surface area contributed by atoms with Gasteiger partial charge in [-0.3, -0.25) is 0 Å². The van der Waals surface area contributed by atoms with Gasteiger partial charge in [-0.15, -0.1) is 5.10 Å². The maximum Gasteiger partial charge on any atom is 0.292 e. The van der Waals surface area contributed by atoms with Gasteiger partial charge in [0, 0.05) is 12.4 Å². The fourth-order valence-electron chi connectivity index (χ4n) is 3.20. The van der Waals surface area contributed by atoms with Gasteiger partial charge in [0.25, 0.3) is 10.7 Å². The zero-order valence-corrected chi connectivity index (χ0v) is 16.8. The fraction of sp³-hybridized carbons (Fsp3) is 0.368. The van der Waals surface area contributed by atoms with Crippen molar-refractivity contribution in [2.24, 2.45) is 0 Å². The van der Waals surface area contributed by atoms with E-state index in [0.717, 1.165) is 32.1 Å². The van der Waals surface area contributed by atoms with Gasteiger partial charge < -0.3 is 19.0 Å². The number of ether oxygens (including phenoxy) is 1. The average molecular weight is 417 g/mol. The van der Waals surface area contributed by atoms with Crippen molar-refractivity contribution in [3.8, 4) is 5.75 Å². The van der Waals surface area contributed by atoms with Crippen LogP contribution < -0.4 is 14.5 Å². The van der Waals surface area contributed by atoms with Crippen molar-refractivity contribution in [3.05, 3.63) is 59.3 Å². The molecule has 152 valence electrons. The van der Waals surface area contributed by atoms with E-state index >= 15 is 0 Å².